The minimum absolute atomic E-state index is 0.171. The minimum atomic E-state index is 0.171. The fourth-order valence-corrected chi connectivity index (χ4v) is 2.60. The lowest BCUT2D eigenvalue weighted by atomic mass is 9.71. The van der Waals surface area contributed by atoms with E-state index in [0.29, 0.717) is 11.3 Å². The third-order valence-electron chi connectivity index (χ3n) is 4.50. The highest BCUT2D eigenvalue weighted by atomic mass is 14.9. The average molecular weight is 231 g/mol. The summed E-state index contributed by atoms with van der Waals surface area (Å²) in [5, 5.41) is 3.53. The number of rotatable bonds is 1. The molecule has 0 aromatic heterocycles. The van der Waals surface area contributed by atoms with Gasteiger partial charge in [0.05, 0.1) is 0 Å². The Morgan fingerprint density at radius 1 is 1.24 bits per heavy atom. The molecular weight excluding hydrogens is 206 g/mol. The zero-order chi connectivity index (χ0) is 12.7. The third-order valence-corrected chi connectivity index (χ3v) is 4.50. The maximum absolute atomic E-state index is 3.53. The van der Waals surface area contributed by atoms with E-state index >= 15 is 0 Å². The zero-order valence-corrected chi connectivity index (χ0v) is 11.8. The second-order valence-corrected chi connectivity index (χ2v) is 6.58. The Kier molecular flexibility index (Phi) is 2.97. The van der Waals surface area contributed by atoms with Gasteiger partial charge in [0.15, 0.2) is 0 Å². The molecule has 1 fully saturated rings. The smallest absolute Gasteiger partial charge is 0.0375 e. The summed E-state index contributed by atoms with van der Waals surface area (Å²) in [5.74, 6) is 0.622. The Bertz CT molecular complexity index is 396. The molecule has 1 aliphatic carbocycles. The quantitative estimate of drug-likeness (QED) is 0.718. The molecule has 94 valence electrons. The van der Waals surface area contributed by atoms with Crippen molar-refractivity contribution in [3.8, 4) is 0 Å². The van der Waals surface area contributed by atoms with Crippen LogP contribution < -0.4 is 5.32 Å². The van der Waals surface area contributed by atoms with Crippen molar-refractivity contribution in [1.82, 2.24) is 5.32 Å². The van der Waals surface area contributed by atoms with Gasteiger partial charge in [0.25, 0.3) is 0 Å². The molecule has 1 saturated heterocycles. The van der Waals surface area contributed by atoms with Crippen molar-refractivity contribution >= 4 is 0 Å². The van der Waals surface area contributed by atoms with Crippen molar-refractivity contribution in [2.24, 2.45) is 16.7 Å². The largest absolute Gasteiger partial charge is 0.385 e. The van der Waals surface area contributed by atoms with E-state index in [-0.39, 0.29) is 5.41 Å². The number of nitrogens with one attached hydrogen (secondary N) is 1. The Labute approximate surface area is 106 Å². The fraction of sp³-hybridized carbons (Fsp3) is 0.625. The molecule has 0 saturated carbocycles. The summed E-state index contributed by atoms with van der Waals surface area (Å²) in [7, 11) is 0. The van der Waals surface area contributed by atoms with Gasteiger partial charge in [-0.05, 0) is 29.4 Å². The first-order chi connectivity index (χ1) is 7.85. The van der Waals surface area contributed by atoms with Crippen LogP contribution in [0, 0.1) is 16.7 Å². The lowest BCUT2D eigenvalue weighted by Gasteiger charge is -2.38. The van der Waals surface area contributed by atoms with E-state index in [9.17, 15) is 0 Å². The highest BCUT2D eigenvalue weighted by Gasteiger charge is 2.34. The molecule has 1 unspecified atom stereocenters. The molecule has 1 heteroatoms. The van der Waals surface area contributed by atoms with Crippen LogP contribution in [0.2, 0.25) is 0 Å². The van der Waals surface area contributed by atoms with Gasteiger partial charge in [0.2, 0.25) is 0 Å². The Hall–Kier alpha value is -0.980. The number of allylic oxidation sites excluding steroid dienone is 5. The first kappa shape index (κ1) is 12.5. The second-order valence-electron chi connectivity index (χ2n) is 6.58. The average Bonchev–Trinajstić information content (AvgIpc) is 2.39. The van der Waals surface area contributed by atoms with Crippen LogP contribution >= 0.6 is 0 Å². The van der Waals surface area contributed by atoms with E-state index < -0.39 is 0 Å². The van der Waals surface area contributed by atoms with E-state index in [1.807, 2.05) is 0 Å². The molecule has 2 aliphatic rings. The van der Waals surface area contributed by atoms with Crippen LogP contribution in [0.3, 0.4) is 0 Å². The predicted octanol–water partition coefficient (Wildman–Crippen LogP) is 4.05. The van der Waals surface area contributed by atoms with Gasteiger partial charge in [-0.1, -0.05) is 52.8 Å². The van der Waals surface area contributed by atoms with Crippen LogP contribution in [-0.4, -0.2) is 6.54 Å². The molecule has 2 rings (SSSR count). The highest BCUT2D eigenvalue weighted by molar-refractivity contribution is 5.43. The van der Waals surface area contributed by atoms with Crippen molar-refractivity contribution in [3.05, 3.63) is 35.6 Å². The molecule has 0 aromatic carbocycles. The van der Waals surface area contributed by atoms with E-state index in [0.717, 1.165) is 6.54 Å². The lowest BCUT2D eigenvalue weighted by molar-refractivity contribution is 0.344. The van der Waals surface area contributed by atoms with Crippen LogP contribution in [0.1, 0.15) is 41.0 Å². The van der Waals surface area contributed by atoms with E-state index in [4.69, 9.17) is 0 Å². The van der Waals surface area contributed by atoms with Crippen LogP contribution in [0.15, 0.2) is 35.6 Å². The first-order valence-corrected chi connectivity index (χ1v) is 6.72. The maximum atomic E-state index is 3.53. The number of fused-ring (bicyclic) bond motifs is 1. The van der Waals surface area contributed by atoms with Gasteiger partial charge in [-0.2, -0.15) is 0 Å². The van der Waals surface area contributed by atoms with Gasteiger partial charge in [0.1, 0.15) is 0 Å². The molecule has 0 amide bonds. The SMILES string of the molecule is CC(C)C1(C)C=CC=C2NCCC(C)(C)C2=C1. The molecule has 0 spiro atoms. The normalized spacial score (nSPS) is 31.2. The van der Waals surface area contributed by atoms with Gasteiger partial charge in [0, 0.05) is 17.7 Å². The summed E-state index contributed by atoms with van der Waals surface area (Å²) in [5.41, 5.74) is 3.27. The van der Waals surface area contributed by atoms with E-state index in [2.05, 4.69) is 64.2 Å². The summed E-state index contributed by atoms with van der Waals surface area (Å²) in [6.45, 7) is 12.7. The molecule has 0 aromatic rings. The van der Waals surface area contributed by atoms with Crippen LogP contribution in [0.25, 0.3) is 0 Å². The molecule has 0 bridgehead atoms. The maximum Gasteiger partial charge on any atom is 0.0375 e. The summed E-state index contributed by atoms with van der Waals surface area (Å²) in [4.78, 5) is 0. The second kappa shape index (κ2) is 4.04. The molecule has 1 heterocycles. The van der Waals surface area contributed by atoms with Gasteiger partial charge in [-0.15, -0.1) is 0 Å². The standard InChI is InChI=1S/C16H25N/c1-12(2)16(5)8-6-7-14-13(11-16)15(3,4)9-10-17-14/h6-8,11-12,17H,9-10H2,1-5H3. The van der Waals surface area contributed by atoms with Crippen molar-refractivity contribution in [3.63, 3.8) is 0 Å². The molecule has 17 heavy (non-hydrogen) atoms. The summed E-state index contributed by atoms with van der Waals surface area (Å²) < 4.78 is 0. The summed E-state index contributed by atoms with van der Waals surface area (Å²) in [6.07, 6.45) is 10.5. The Balaban J connectivity index is 2.49. The Morgan fingerprint density at radius 2 is 1.94 bits per heavy atom. The third kappa shape index (κ3) is 2.20. The van der Waals surface area contributed by atoms with Crippen molar-refractivity contribution in [2.75, 3.05) is 6.54 Å². The molecular formula is C16H25N. The lowest BCUT2D eigenvalue weighted by Crippen LogP contribution is -2.34. The van der Waals surface area contributed by atoms with Gasteiger partial charge >= 0.3 is 0 Å². The molecule has 1 N–H and O–H groups in total. The van der Waals surface area contributed by atoms with Crippen molar-refractivity contribution in [1.29, 1.82) is 0 Å². The number of piperidine rings is 1. The molecule has 1 nitrogen and oxygen atoms in total. The van der Waals surface area contributed by atoms with E-state index in [1.54, 1.807) is 0 Å². The topological polar surface area (TPSA) is 12.0 Å². The molecule has 1 atom stereocenters. The van der Waals surface area contributed by atoms with E-state index in [1.165, 1.54) is 17.7 Å². The minimum Gasteiger partial charge on any atom is -0.385 e. The van der Waals surface area contributed by atoms with Gasteiger partial charge < -0.3 is 5.32 Å². The van der Waals surface area contributed by atoms with Crippen LogP contribution in [0.4, 0.5) is 0 Å². The van der Waals surface area contributed by atoms with Crippen molar-refractivity contribution < 1.29 is 0 Å². The Morgan fingerprint density at radius 3 is 2.59 bits per heavy atom. The van der Waals surface area contributed by atoms with Crippen LogP contribution in [0.5, 0.6) is 0 Å². The predicted molar refractivity (Wildman–Crippen MR) is 74.7 cm³/mol. The highest BCUT2D eigenvalue weighted by Crippen LogP contribution is 2.43. The molecule has 1 aliphatic heterocycles. The molecule has 0 radical (unpaired) electrons. The first-order valence-electron chi connectivity index (χ1n) is 6.72. The van der Waals surface area contributed by atoms with Gasteiger partial charge in [-0.3, -0.25) is 0 Å². The number of hydrogen-bond donors (Lipinski definition) is 1. The monoisotopic (exact) mass is 231 g/mol. The van der Waals surface area contributed by atoms with Gasteiger partial charge in [-0.25, -0.2) is 0 Å². The number of hydrogen-bond acceptors (Lipinski definition) is 1. The summed E-state index contributed by atoms with van der Waals surface area (Å²) in [6, 6.07) is 0. The summed E-state index contributed by atoms with van der Waals surface area (Å²) >= 11 is 0. The fourth-order valence-electron chi connectivity index (χ4n) is 2.60. The van der Waals surface area contributed by atoms with Crippen molar-refractivity contribution in [2.45, 2.75) is 41.0 Å². The van der Waals surface area contributed by atoms with Crippen LogP contribution in [-0.2, 0) is 0 Å². The zero-order valence-electron chi connectivity index (χ0n) is 11.8.